The van der Waals surface area contributed by atoms with E-state index < -0.39 is 0 Å². The molecular formula is H3LiMnPSi. The summed E-state index contributed by atoms with van der Waals surface area (Å²) in [5.41, 5.74) is 0. The number of hydrogen-bond donors (Lipinski definition) is 0. The summed E-state index contributed by atoms with van der Waals surface area (Å²) in [7, 11) is 0. The summed E-state index contributed by atoms with van der Waals surface area (Å²) >= 11 is 0. The van der Waals surface area contributed by atoms with Gasteiger partial charge in [0.2, 0.25) is 0 Å². The maximum absolute atomic E-state index is 0. The van der Waals surface area contributed by atoms with E-state index in [1.807, 2.05) is 0 Å². The Labute approximate surface area is 56.8 Å². The van der Waals surface area contributed by atoms with Crippen molar-refractivity contribution in [3.63, 3.8) is 0 Å². The molecule has 0 heterocycles. The molecule has 0 spiro atoms. The first-order valence-corrected chi connectivity index (χ1v) is 0. The molecule has 0 aliphatic carbocycles. The fourth-order valence-electron chi connectivity index (χ4n) is 0. The molecule has 20 valence electrons. The zero-order valence-electron chi connectivity index (χ0n) is 2.59. The minimum Gasteiger partial charge on any atom is -0.153 e. The Hall–Kier alpha value is 1.76. The minimum atomic E-state index is 0. The fraction of sp³-hybridized carbons (Fsp3) is 0. The van der Waals surface area contributed by atoms with E-state index in [0.717, 1.165) is 0 Å². The summed E-state index contributed by atoms with van der Waals surface area (Å²) in [5.74, 6) is 0. The first-order chi connectivity index (χ1) is 0. The monoisotopic (exact) mass is 124 g/mol. The van der Waals surface area contributed by atoms with Crippen LogP contribution in [-0.4, -0.2) is 29.8 Å². The fourth-order valence-corrected chi connectivity index (χ4v) is 0. The molecule has 1 unspecified atom stereocenters. The summed E-state index contributed by atoms with van der Waals surface area (Å²) in [6, 6.07) is 0. The Morgan fingerprint density at radius 1 is 1.00 bits per heavy atom. The molecule has 0 bridgehead atoms. The number of hydrogen-bond acceptors (Lipinski definition) is 0. The third-order valence-corrected chi connectivity index (χ3v) is 0. The Morgan fingerprint density at radius 2 is 1.00 bits per heavy atom. The van der Waals surface area contributed by atoms with Crippen LogP contribution in [0.25, 0.3) is 0 Å². The molecule has 0 aromatic carbocycles. The van der Waals surface area contributed by atoms with Crippen LogP contribution in [0.3, 0.4) is 0 Å². The van der Waals surface area contributed by atoms with Crippen LogP contribution in [0.5, 0.6) is 0 Å². The summed E-state index contributed by atoms with van der Waals surface area (Å²) in [5, 5.41) is 0. The maximum atomic E-state index is 0. The first-order valence-electron chi connectivity index (χ1n) is 0. The molecule has 0 aliphatic heterocycles. The molecule has 0 nitrogen and oxygen atoms in total. The van der Waals surface area contributed by atoms with E-state index in [2.05, 4.69) is 0 Å². The van der Waals surface area contributed by atoms with E-state index in [1.165, 1.54) is 0 Å². The normalized spacial score (nSPS) is 0. The quantitative estimate of drug-likeness (QED) is 0.295. The van der Waals surface area contributed by atoms with Gasteiger partial charge in [-0.1, -0.05) is 0 Å². The van der Waals surface area contributed by atoms with Gasteiger partial charge < -0.3 is 0 Å². The van der Waals surface area contributed by atoms with E-state index in [-0.39, 0.29) is 56.8 Å². The second-order valence-electron chi connectivity index (χ2n) is 0. The Bertz CT molecular complexity index is 8.00. The zero-order valence-corrected chi connectivity index (χ0v) is 6.18. The SMILES string of the molecule is P.[Li].[Mn].[Si]. The van der Waals surface area contributed by atoms with Gasteiger partial charge in [0.1, 0.15) is 0 Å². The second kappa shape index (κ2) is 21.7. The smallest absolute Gasteiger partial charge is 0 e. The third kappa shape index (κ3) is 9.24. The molecule has 0 saturated heterocycles. The van der Waals surface area contributed by atoms with Gasteiger partial charge in [-0.2, -0.15) is 9.90 Å². The van der Waals surface area contributed by atoms with E-state index in [0.29, 0.717) is 0 Å². The Kier molecular flexibility index (Phi) is 228. The van der Waals surface area contributed by atoms with Gasteiger partial charge in [0.25, 0.3) is 0 Å². The zero-order chi connectivity index (χ0) is 0. The van der Waals surface area contributed by atoms with Crippen LogP contribution in [0.1, 0.15) is 0 Å². The molecule has 0 aromatic heterocycles. The van der Waals surface area contributed by atoms with Crippen molar-refractivity contribution in [3.8, 4) is 0 Å². The molecule has 0 fully saturated rings. The van der Waals surface area contributed by atoms with Crippen LogP contribution in [0.4, 0.5) is 0 Å². The van der Waals surface area contributed by atoms with Crippen LogP contribution in [-0.2, 0) is 17.1 Å². The van der Waals surface area contributed by atoms with E-state index in [9.17, 15) is 0 Å². The molecule has 4 heavy (non-hydrogen) atoms. The molecule has 1 atom stereocenters. The van der Waals surface area contributed by atoms with E-state index in [1.54, 1.807) is 0 Å². The van der Waals surface area contributed by atoms with Crippen molar-refractivity contribution in [1.82, 2.24) is 0 Å². The standard InChI is InChI=1S/Li.Mn.H3P.Si/h;;1H3;. The molecule has 0 aliphatic rings. The van der Waals surface area contributed by atoms with Crippen LogP contribution in [0.15, 0.2) is 0 Å². The van der Waals surface area contributed by atoms with E-state index in [4.69, 9.17) is 0 Å². The first kappa shape index (κ1) is 42.0. The van der Waals surface area contributed by atoms with Gasteiger partial charge in [-0.25, -0.2) is 0 Å². The van der Waals surface area contributed by atoms with Crippen molar-refractivity contribution in [2.75, 3.05) is 0 Å². The van der Waals surface area contributed by atoms with Crippen LogP contribution in [0, 0.1) is 0 Å². The van der Waals surface area contributed by atoms with Crippen molar-refractivity contribution in [1.29, 1.82) is 0 Å². The predicted molar refractivity (Wildman–Crippen MR) is 22.6 cm³/mol. The largest absolute Gasteiger partial charge is 0.153 e. The average Bonchev–Trinajstić information content (AvgIpc) is 0. The van der Waals surface area contributed by atoms with Crippen molar-refractivity contribution >= 4 is 39.7 Å². The summed E-state index contributed by atoms with van der Waals surface area (Å²) in [6.07, 6.45) is 0. The van der Waals surface area contributed by atoms with Crippen LogP contribution < -0.4 is 0 Å². The van der Waals surface area contributed by atoms with Gasteiger partial charge in [0.05, 0.1) is 0 Å². The third-order valence-electron chi connectivity index (χ3n) is 0. The summed E-state index contributed by atoms with van der Waals surface area (Å²) < 4.78 is 0. The molecule has 0 amide bonds. The second-order valence-corrected chi connectivity index (χ2v) is 0. The van der Waals surface area contributed by atoms with Gasteiger partial charge in [-0.15, -0.1) is 0 Å². The van der Waals surface area contributed by atoms with Gasteiger partial charge >= 0.3 is 0 Å². The predicted octanol–water partition coefficient (Wildman–Crippen LogP) is -0.706. The topological polar surface area (TPSA) is 0 Å². The van der Waals surface area contributed by atoms with Gasteiger partial charge in [0, 0.05) is 46.9 Å². The molecule has 6 radical (unpaired) electrons. The van der Waals surface area contributed by atoms with Crippen molar-refractivity contribution in [2.24, 2.45) is 0 Å². The van der Waals surface area contributed by atoms with Gasteiger partial charge in [-0.3, -0.25) is 0 Å². The average molecular weight is 124 g/mol. The molecule has 4 heteroatoms. The molecule has 0 rings (SSSR count). The molecular weight excluding hydrogens is 121 g/mol. The minimum absolute atomic E-state index is 0. The maximum Gasteiger partial charge on any atom is 0 e. The summed E-state index contributed by atoms with van der Waals surface area (Å²) in [4.78, 5) is 0. The Morgan fingerprint density at radius 3 is 1.00 bits per heavy atom. The molecule has 0 aromatic rings. The molecule has 0 N–H and O–H groups in total. The van der Waals surface area contributed by atoms with Crippen molar-refractivity contribution in [2.45, 2.75) is 0 Å². The number of rotatable bonds is 0. The van der Waals surface area contributed by atoms with Crippen LogP contribution in [0.2, 0.25) is 0 Å². The summed E-state index contributed by atoms with van der Waals surface area (Å²) in [6.45, 7) is 0. The van der Waals surface area contributed by atoms with Gasteiger partial charge in [-0.05, 0) is 0 Å². The molecule has 0 saturated carbocycles. The van der Waals surface area contributed by atoms with Crippen molar-refractivity contribution in [3.05, 3.63) is 0 Å². The Balaban J connectivity index is 0. The van der Waals surface area contributed by atoms with Crippen molar-refractivity contribution < 1.29 is 17.1 Å². The van der Waals surface area contributed by atoms with E-state index >= 15 is 0 Å². The van der Waals surface area contributed by atoms with Gasteiger partial charge in [0.15, 0.2) is 0 Å². The van der Waals surface area contributed by atoms with Crippen LogP contribution >= 0.6 is 9.90 Å².